The van der Waals surface area contributed by atoms with E-state index in [1.165, 1.54) is 19.1 Å². The van der Waals surface area contributed by atoms with Crippen molar-refractivity contribution in [1.29, 1.82) is 0 Å². The molecule has 0 spiro atoms. The van der Waals surface area contributed by atoms with E-state index in [2.05, 4.69) is 6.58 Å². The van der Waals surface area contributed by atoms with E-state index < -0.39 is 11.6 Å². The molecular formula is C19H25F3. The first-order valence-electron chi connectivity index (χ1n) is 7.43. The topological polar surface area (TPSA) is 0 Å². The van der Waals surface area contributed by atoms with Crippen molar-refractivity contribution in [1.82, 2.24) is 0 Å². The minimum atomic E-state index is -2.91. The first-order valence-corrected chi connectivity index (χ1v) is 7.43. The molecule has 0 aromatic heterocycles. The van der Waals surface area contributed by atoms with E-state index in [1.807, 2.05) is 20.8 Å². The molecule has 0 saturated heterocycles. The fraction of sp³-hybridized carbons (Fsp3) is 0.474. The Morgan fingerprint density at radius 1 is 1.18 bits per heavy atom. The molecule has 0 heterocycles. The van der Waals surface area contributed by atoms with Gasteiger partial charge in [-0.25, -0.2) is 13.2 Å². The van der Waals surface area contributed by atoms with Crippen LogP contribution >= 0.6 is 0 Å². The summed E-state index contributed by atoms with van der Waals surface area (Å²) in [5, 5.41) is 0. The molecule has 0 aliphatic carbocycles. The van der Waals surface area contributed by atoms with Gasteiger partial charge in [0.15, 0.2) is 0 Å². The molecule has 0 fully saturated rings. The molecule has 1 unspecified atom stereocenters. The molecule has 0 aliphatic heterocycles. The summed E-state index contributed by atoms with van der Waals surface area (Å²) in [4.78, 5) is 0. The van der Waals surface area contributed by atoms with Crippen LogP contribution in [0.2, 0.25) is 0 Å². The van der Waals surface area contributed by atoms with Gasteiger partial charge in [0.05, 0.1) is 0 Å². The number of benzene rings is 1. The smallest absolute Gasteiger partial charge is 0.239 e. The minimum absolute atomic E-state index is 0.0628. The average Bonchev–Trinajstić information content (AvgIpc) is 2.37. The molecule has 1 rings (SSSR count). The zero-order valence-electron chi connectivity index (χ0n) is 14.2. The Hall–Kier alpha value is -1.51. The molecule has 0 N–H and O–H groups in total. The third-order valence-corrected chi connectivity index (χ3v) is 4.34. The van der Waals surface area contributed by atoms with Crippen LogP contribution in [0.5, 0.6) is 0 Å². The normalized spacial score (nSPS) is 15.8. The molecule has 0 amide bonds. The van der Waals surface area contributed by atoms with Crippen LogP contribution in [0.25, 0.3) is 5.57 Å². The van der Waals surface area contributed by atoms with Gasteiger partial charge >= 0.3 is 0 Å². The van der Waals surface area contributed by atoms with Crippen molar-refractivity contribution in [3.05, 3.63) is 53.1 Å². The summed E-state index contributed by atoms with van der Waals surface area (Å²) in [6, 6.07) is 4.50. The maximum absolute atomic E-state index is 14.6. The van der Waals surface area contributed by atoms with Crippen LogP contribution in [-0.2, 0) is 5.92 Å². The fourth-order valence-corrected chi connectivity index (χ4v) is 2.18. The average molecular weight is 310 g/mol. The number of allylic oxidation sites excluding steroid dienone is 3. The highest BCUT2D eigenvalue weighted by molar-refractivity contribution is 5.75. The van der Waals surface area contributed by atoms with Gasteiger partial charge in [-0.15, -0.1) is 0 Å². The third-order valence-electron chi connectivity index (χ3n) is 4.34. The summed E-state index contributed by atoms with van der Waals surface area (Å²) in [6.45, 7) is 13.5. The highest BCUT2D eigenvalue weighted by atomic mass is 19.3. The predicted octanol–water partition coefficient (Wildman–Crippen LogP) is 6.45. The van der Waals surface area contributed by atoms with Crippen molar-refractivity contribution in [2.75, 3.05) is 0 Å². The summed E-state index contributed by atoms with van der Waals surface area (Å²) in [5.41, 5.74) is 1.03. The van der Waals surface area contributed by atoms with E-state index in [0.717, 1.165) is 12.5 Å². The van der Waals surface area contributed by atoms with Crippen LogP contribution in [-0.4, -0.2) is 5.67 Å². The van der Waals surface area contributed by atoms with E-state index in [4.69, 9.17) is 0 Å². The van der Waals surface area contributed by atoms with E-state index in [-0.39, 0.29) is 11.5 Å². The summed E-state index contributed by atoms with van der Waals surface area (Å²) in [7, 11) is 0. The predicted molar refractivity (Wildman–Crippen MR) is 87.9 cm³/mol. The lowest BCUT2D eigenvalue weighted by molar-refractivity contribution is 0.0174. The Balaban J connectivity index is 3.24. The number of aryl methyl sites for hydroxylation is 1. The van der Waals surface area contributed by atoms with Crippen molar-refractivity contribution in [3.63, 3.8) is 0 Å². The van der Waals surface area contributed by atoms with Crippen molar-refractivity contribution in [2.45, 2.75) is 53.1 Å². The van der Waals surface area contributed by atoms with Crippen LogP contribution < -0.4 is 0 Å². The molecule has 0 aliphatic rings. The molecule has 1 atom stereocenters. The molecule has 22 heavy (non-hydrogen) atoms. The quantitative estimate of drug-likeness (QED) is 0.548. The molecule has 1 aromatic carbocycles. The second kappa shape index (κ2) is 6.31. The molecule has 0 radical (unpaired) electrons. The second-order valence-electron chi connectivity index (χ2n) is 6.50. The highest BCUT2D eigenvalue weighted by Crippen LogP contribution is 2.34. The van der Waals surface area contributed by atoms with Crippen LogP contribution in [0.4, 0.5) is 13.2 Å². The van der Waals surface area contributed by atoms with Crippen molar-refractivity contribution >= 4 is 5.57 Å². The Morgan fingerprint density at radius 3 is 2.18 bits per heavy atom. The molecule has 0 nitrogen and oxygen atoms in total. The summed E-state index contributed by atoms with van der Waals surface area (Å²) >= 11 is 0. The molecule has 122 valence electrons. The number of hydrogen-bond donors (Lipinski definition) is 0. The number of hydrogen-bond acceptors (Lipinski definition) is 0. The monoisotopic (exact) mass is 310 g/mol. The van der Waals surface area contributed by atoms with Gasteiger partial charge in [-0.3, -0.25) is 0 Å². The van der Waals surface area contributed by atoms with Gasteiger partial charge < -0.3 is 0 Å². The van der Waals surface area contributed by atoms with Crippen LogP contribution in [0.1, 0.15) is 51.3 Å². The molecule has 0 saturated carbocycles. The third kappa shape index (κ3) is 4.02. The maximum Gasteiger partial charge on any atom is 0.270 e. The van der Waals surface area contributed by atoms with Crippen molar-refractivity contribution < 1.29 is 13.2 Å². The van der Waals surface area contributed by atoms with E-state index in [1.54, 1.807) is 19.1 Å². The van der Waals surface area contributed by atoms with Gasteiger partial charge in [-0.05, 0) is 55.0 Å². The number of alkyl halides is 3. The Bertz CT molecular complexity index is 587. The second-order valence-corrected chi connectivity index (χ2v) is 6.50. The van der Waals surface area contributed by atoms with E-state index >= 15 is 0 Å². The molecular weight excluding hydrogens is 285 g/mol. The zero-order valence-corrected chi connectivity index (χ0v) is 14.2. The van der Waals surface area contributed by atoms with E-state index in [9.17, 15) is 13.2 Å². The lowest BCUT2D eigenvalue weighted by Crippen LogP contribution is -2.26. The minimum Gasteiger partial charge on any atom is -0.239 e. The summed E-state index contributed by atoms with van der Waals surface area (Å²) in [5.74, 6) is -3.09. The van der Waals surface area contributed by atoms with Crippen LogP contribution in [0.15, 0.2) is 36.4 Å². The van der Waals surface area contributed by atoms with Crippen LogP contribution in [0, 0.1) is 12.8 Å². The van der Waals surface area contributed by atoms with Gasteiger partial charge in [-0.1, -0.05) is 38.6 Å². The molecule has 1 aromatic rings. The molecule has 3 heteroatoms. The Morgan fingerprint density at radius 2 is 1.73 bits per heavy atom. The highest BCUT2D eigenvalue weighted by Gasteiger charge is 2.30. The van der Waals surface area contributed by atoms with Gasteiger partial charge in [0.25, 0.3) is 5.92 Å². The maximum atomic E-state index is 14.6. The Labute approximate surface area is 131 Å². The van der Waals surface area contributed by atoms with Gasteiger partial charge in [0.1, 0.15) is 5.67 Å². The van der Waals surface area contributed by atoms with Crippen LogP contribution in [0.3, 0.4) is 0 Å². The summed E-state index contributed by atoms with van der Waals surface area (Å²) < 4.78 is 41.6. The first-order chi connectivity index (χ1) is 9.87. The lowest BCUT2D eigenvalue weighted by Gasteiger charge is -2.26. The van der Waals surface area contributed by atoms with Gasteiger partial charge in [0.2, 0.25) is 0 Å². The lowest BCUT2D eigenvalue weighted by atomic mass is 9.85. The largest absolute Gasteiger partial charge is 0.270 e. The van der Waals surface area contributed by atoms with Gasteiger partial charge in [0, 0.05) is 12.5 Å². The number of halogens is 3. The van der Waals surface area contributed by atoms with Crippen molar-refractivity contribution in [3.8, 4) is 0 Å². The SMILES string of the molecule is C=C(/C=C(\C)C(C)(F)C(C)C)c1cc(C(C)(F)F)ccc1C. The summed E-state index contributed by atoms with van der Waals surface area (Å²) in [6.07, 6.45) is 1.65. The Kier molecular flexibility index (Phi) is 5.32. The fourth-order valence-electron chi connectivity index (χ4n) is 2.18. The van der Waals surface area contributed by atoms with Crippen molar-refractivity contribution in [2.24, 2.45) is 5.92 Å². The standard InChI is InChI=1S/C19H25F3/c1-12(2)18(6,20)15(5)10-14(4)17-11-16(19(7,21)22)9-8-13(17)3/h8-12H,4H2,1-3,5-7H3/b15-10+. The molecule has 0 bridgehead atoms. The number of rotatable bonds is 5. The van der Waals surface area contributed by atoms with Gasteiger partial charge in [-0.2, -0.15) is 0 Å². The van der Waals surface area contributed by atoms with E-state index in [0.29, 0.717) is 16.7 Å². The zero-order chi connectivity index (χ0) is 17.3. The first kappa shape index (κ1) is 18.5.